The van der Waals surface area contributed by atoms with Gasteiger partial charge in [-0.25, -0.2) is 4.79 Å². The number of nitrogen functional groups attached to an aromatic ring is 1. The topological polar surface area (TPSA) is 84.6 Å². The van der Waals surface area contributed by atoms with Crippen molar-refractivity contribution < 1.29 is 14.6 Å². The maximum absolute atomic E-state index is 10.7. The van der Waals surface area contributed by atoms with Crippen molar-refractivity contribution in [2.24, 2.45) is 0 Å². The molecule has 0 aliphatic heterocycles. The summed E-state index contributed by atoms with van der Waals surface area (Å²) in [7, 11) is 1.68. The van der Waals surface area contributed by atoms with E-state index in [0.29, 0.717) is 5.69 Å². The fourth-order valence-electron chi connectivity index (χ4n) is 1.45. The summed E-state index contributed by atoms with van der Waals surface area (Å²) in [5.74, 6) is -0.969. The zero-order valence-corrected chi connectivity index (χ0v) is 9.90. The number of unbranched alkanes of at least 4 members (excludes halogenated alkanes) is 1. The van der Waals surface area contributed by atoms with Crippen LogP contribution in [0.4, 0.5) is 11.4 Å². The number of anilines is 2. The average Bonchev–Trinajstić information content (AvgIpc) is 2.30. The fourth-order valence-corrected chi connectivity index (χ4v) is 1.45. The quantitative estimate of drug-likeness (QED) is 0.498. The minimum absolute atomic E-state index is 0.201. The van der Waals surface area contributed by atoms with E-state index in [1.54, 1.807) is 13.2 Å². The third-order valence-electron chi connectivity index (χ3n) is 2.39. The Balaban J connectivity index is 2.46. The molecular formula is C12H18N2O3. The molecule has 0 aliphatic rings. The zero-order valence-electron chi connectivity index (χ0n) is 9.90. The average molecular weight is 238 g/mol. The number of carbonyl (C=O) groups is 1. The lowest BCUT2D eigenvalue weighted by atomic mass is 10.1. The van der Waals surface area contributed by atoms with Gasteiger partial charge in [-0.2, -0.15) is 0 Å². The Morgan fingerprint density at radius 1 is 1.47 bits per heavy atom. The smallest absolute Gasteiger partial charge is 0.335 e. The van der Waals surface area contributed by atoms with E-state index < -0.39 is 5.97 Å². The van der Waals surface area contributed by atoms with Crippen molar-refractivity contribution in [1.82, 2.24) is 0 Å². The van der Waals surface area contributed by atoms with E-state index in [1.165, 1.54) is 12.1 Å². The second-order valence-corrected chi connectivity index (χ2v) is 3.73. The third kappa shape index (κ3) is 4.32. The summed E-state index contributed by atoms with van der Waals surface area (Å²) in [5.41, 5.74) is 7.18. The molecule has 1 aromatic rings. The molecular weight excluding hydrogens is 220 g/mol. The Labute approximate surface area is 101 Å². The Bertz CT molecular complexity index is 380. The van der Waals surface area contributed by atoms with Crippen molar-refractivity contribution in [2.75, 3.05) is 31.3 Å². The molecule has 94 valence electrons. The van der Waals surface area contributed by atoms with Crippen molar-refractivity contribution in [3.63, 3.8) is 0 Å². The van der Waals surface area contributed by atoms with Gasteiger partial charge in [0.25, 0.3) is 0 Å². The van der Waals surface area contributed by atoms with E-state index in [1.807, 2.05) is 0 Å². The molecule has 17 heavy (non-hydrogen) atoms. The molecule has 1 rings (SSSR count). The molecule has 0 saturated heterocycles. The lowest BCUT2D eigenvalue weighted by molar-refractivity contribution is 0.0697. The first kappa shape index (κ1) is 13.3. The number of aromatic carboxylic acids is 1. The highest BCUT2D eigenvalue weighted by molar-refractivity contribution is 5.90. The van der Waals surface area contributed by atoms with Crippen molar-refractivity contribution in [3.8, 4) is 0 Å². The number of hydrogen-bond acceptors (Lipinski definition) is 4. The summed E-state index contributed by atoms with van der Waals surface area (Å²) < 4.78 is 4.94. The van der Waals surface area contributed by atoms with E-state index >= 15 is 0 Å². The van der Waals surface area contributed by atoms with Gasteiger partial charge in [-0.3, -0.25) is 0 Å². The Morgan fingerprint density at radius 3 is 2.82 bits per heavy atom. The summed E-state index contributed by atoms with van der Waals surface area (Å²) in [6.07, 6.45) is 1.96. The molecule has 0 fully saturated rings. The number of rotatable bonds is 7. The van der Waals surface area contributed by atoms with Crippen LogP contribution >= 0.6 is 0 Å². The van der Waals surface area contributed by atoms with Crippen molar-refractivity contribution >= 4 is 17.3 Å². The predicted molar refractivity (Wildman–Crippen MR) is 67.4 cm³/mol. The molecule has 0 amide bonds. The van der Waals surface area contributed by atoms with Gasteiger partial charge in [0, 0.05) is 20.3 Å². The first-order valence-corrected chi connectivity index (χ1v) is 5.50. The van der Waals surface area contributed by atoms with Gasteiger partial charge in [-0.1, -0.05) is 0 Å². The van der Waals surface area contributed by atoms with Crippen LogP contribution in [-0.4, -0.2) is 31.3 Å². The molecule has 4 N–H and O–H groups in total. The van der Waals surface area contributed by atoms with Crippen LogP contribution in [0.15, 0.2) is 18.2 Å². The third-order valence-corrected chi connectivity index (χ3v) is 2.39. The molecule has 0 heterocycles. The summed E-state index contributed by atoms with van der Waals surface area (Å²) in [4.78, 5) is 10.7. The molecule has 0 saturated carbocycles. The monoisotopic (exact) mass is 238 g/mol. The molecule has 1 aromatic carbocycles. The van der Waals surface area contributed by atoms with E-state index in [4.69, 9.17) is 15.6 Å². The number of methoxy groups -OCH3 is 1. The fraction of sp³-hybridized carbons (Fsp3) is 0.417. The molecule has 0 radical (unpaired) electrons. The maximum Gasteiger partial charge on any atom is 0.335 e. The van der Waals surface area contributed by atoms with E-state index in [0.717, 1.165) is 31.7 Å². The summed E-state index contributed by atoms with van der Waals surface area (Å²) in [5, 5.41) is 11.9. The lowest BCUT2D eigenvalue weighted by Gasteiger charge is -2.09. The molecule has 0 bridgehead atoms. The van der Waals surface area contributed by atoms with Crippen LogP contribution in [0.3, 0.4) is 0 Å². The van der Waals surface area contributed by atoms with Crippen LogP contribution in [0.25, 0.3) is 0 Å². The van der Waals surface area contributed by atoms with Crippen LogP contribution in [-0.2, 0) is 4.74 Å². The summed E-state index contributed by atoms with van der Waals surface area (Å²) in [6.45, 7) is 1.54. The maximum atomic E-state index is 10.7. The van der Waals surface area contributed by atoms with Crippen molar-refractivity contribution in [2.45, 2.75) is 12.8 Å². The summed E-state index contributed by atoms with van der Waals surface area (Å²) in [6, 6.07) is 4.69. The van der Waals surface area contributed by atoms with Gasteiger partial charge in [0.2, 0.25) is 0 Å². The van der Waals surface area contributed by atoms with Crippen molar-refractivity contribution in [1.29, 1.82) is 0 Å². The number of carboxylic acids is 1. The van der Waals surface area contributed by atoms with Crippen LogP contribution < -0.4 is 11.1 Å². The largest absolute Gasteiger partial charge is 0.478 e. The molecule has 0 spiro atoms. The number of hydrogen-bond donors (Lipinski definition) is 3. The number of nitrogens with one attached hydrogen (secondary N) is 1. The normalized spacial score (nSPS) is 10.2. The van der Waals surface area contributed by atoms with Crippen LogP contribution in [0.2, 0.25) is 0 Å². The van der Waals surface area contributed by atoms with Gasteiger partial charge in [0.15, 0.2) is 0 Å². The van der Waals surface area contributed by atoms with Crippen molar-refractivity contribution in [3.05, 3.63) is 23.8 Å². The van der Waals surface area contributed by atoms with Gasteiger partial charge < -0.3 is 20.9 Å². The van der Waals surface area contributed by atoms with Crippen LogP contribution in [0.5, 0.6) is 0 Å². The first-order valence-electron chi connectivity index (χ1n) is 5.50. The molecule has 5 heteroatoms. The highest BCUT2D eigenvalue weighted by atomic mass is 16.5. The van der Waals surface area contributed by atoms with Gasteiger partial charge in [0.1, 0.15) is 0 Å². The molecule has 0 atom stereocenters. The van der Waals surface area contributed by atoms with Gasteiger partial charge >= 0.3 is 5.97 Å². The highest BCUT2D eigenvalue weighted by Crippen LogP contribution is 2.19. The Hall–Kier alpha value is -1.75. The van der Waals surface area contributed by atoms with E-state index in [2.05, 4.69) is 5.32 Å². The van der Waals surface area contributed by atoms with Crippen LogP contribution in [0, 0.1) is 0 Å². The SMILES string of the molecule is COCCCCNc1ccc(C(=O)O)cc1N. The molecule has 0 aromatic heterocycles. The van der Waals surface area contributed by atoms with E-state index in [-0.39, 0.29) is 5.56 Å². The zero-order chi connectivity index (χ0) is 12.7. The van der Waals surface area contributed by atoms with Gasteiger partial charge in [0.05, 0.1) is 16.9 Å². The minimum Gasteiger partial charge on any atom is -0.478 e. The second-order valence-electron chi connectivity index (χ2n) is 3.73. The number of nitrogens with two attached hydrogens (primary N) is 1. The number of ether oxygens (including phenoxy) is 1. The lowest BCUT2D eigenvalue weighted by Crippen LogP contribution is -2.06. The number of carboxylic acid groups (broad SMARTS) is 1. The second kappa shape index (κ2) is 6.75. The molecule has 5 nitrogen and oxygen atoms in total. The standard InChI is InChI=1S/C12H18N2O3/c1-17-7-3-2-6-14-11-5-4-9(12(15)16)8-10(11)13/h4-5,8,14H,2-3,6-7,13H2,1H3,(H,15,16). The number of benzene rings is 1. The Kier molecular flexibility index (Phi) is 5.29. The van der Waals surface area contributed by atoms with Gasteiger partial charge in [-0.15, -0.1) is 0 Å². The highest BCUT2D eigenvalue weighted by Gasteiger charge is 2.05. The summed E-state index contributed by atoms with van der Waals surface area (Å²) >= 11 is 0. The molecule has 0 aliphatic carbocycles. The van der Waals surface area contributed by atoms with E-state index in [9.17, 15) is 4.79 Å². The van der Waals surface area contributed by atoms with Gasteiger partial charge in [-0.05, 0) is 31.0 Å². The predicted octanol–water partition coefficient (Wildman–Crippen LogP) is 1.81. The minimum atomic E-state index is -0.969. The first-order chi connectivity index (χ1) is 8.15. The van der Waals surface area contributed by atoms with Crippen LogP contribution in [0.1, 0.15) is 23.2 Å². The Morgan fingerprint density at radius 2 is 2.24 bits per heavy atom. The molecule has 0 unspecified atom stereocenters.